The molecule has 3 unspecified atom stereocenters. The Morgan fingerprint density at radius 2 is 2.00 bits per heavy atom. The summed E-state index contributed by atoms with van der Waals surface area (Å²) < 4.78 is 2.12. The Labute approximate surface area is 114 Å². The predicted molar refractivity (Wildman–Crippen MR) is 77.1 cm³/mol. The van der Waals surface area contributed by atoms with Crippen LogP contribution in [-0.2, 0) is 0 Å². The van der Waals surface area contributed by atoms with E-state index in [4.69, 9.17) is 0 Å². The van der Waals surface area contributed by atoms with Crippen LogP contribution in [0.15, 0.2) is 48.8 Å². The predicted octanol–water partition coefficient (Wildman–Crippen LogP) is 2.98. The average Bonchev–Trinajstić information content (AvgIpc) is 3.01. The van der Waals surface area contributed by atoms with Gasteiger partial charge in [-0.2, -0.15) is 5.10 Å². The van der Waals surface area contributed by atoms with E-state index in [2.05, 4.69) is 58.7 Å². The number of hydrogen-bond donors (Lipinski definition) is 1. The third-order valence-electron chi connectivity index (χ3n) is 4.32. The van der Waals surface area contributed by atoms with Gasteiger partial charge in [0, 0.05) is 18.4 Å². The molecule has 2 aromatic rings. The standard InChI is InChI=1S/C16H21N3/c1-17-15-9-8-14(13-6-3-2-4-7-13)12-16(15)19-11-5-10-18-19/h2-7,10-11,14-17H,8-9,12H2,1H3. The van der Waals surface area contributed by atoms with Crippen LogP contribution in [0.3, 0.4) is 0 Å². The van der Waals surface area contributed by atoms with Crippen LogP contribution in [0.5, 0.6) is 0 Å². The number of nitrogens with one attached hydrogen (secondary N) is 1. The largest absolute Gasteiger partial charge is 0.315 e. The number of nitrogens with zero attached hydrogens (tertiary/aromatic N) is 2. The van der Waals surface area contributed by atoms with Gasteiger partial charge in [-0.1, -0.05) is 30.3 Å². The zero-order chi connectivity index (χ0) is 13.1. The van der Waals surface area contributed by atoms with Crippen molar-refractivity contribution < 1.29 is 0 Å². The van der Waals surface area contributed by atoms with Gasteiger partial charge in [-0.25, -0.2) is 0 Å². The summed E-state index contributed by atoms with van der Waals surface area (Å²) in [7, 11) is 2.06. The van der Waals surface area contributed by atoms with E-state index in [1.807, 2.05) is 12.3 Å². The Morgan fingerprint density at radius 3 is 2.68 bits per heavy atom. The molecule has 3 nitrogen and oxygen atoms in total. The van der Waals surface area contributed by atoms with Crippen LogP contribution >= 0.6 is 0 Å². The van der Waals surface area contributed by atoms with E-state index in [1.165, 1.54) is 18.4 Å². The first-order chi connectivity index (χ1) is 9.38. The average molecular weight is 255 g/mol. The van der Waals surface area contributed by atoms with Gasteiger partial charge in [-0.15, -0.1) is 0 Å². The lowest BCUT2D eigenvalue weighted by atomic mass is 9.79. The minimum absolute atomic E-state index is 0.457. The summed E-state index contributed by atoms with van der Waals surface area (Å²) in [5.41, 5.74) is 1.47. The molecular formula is C16H21N3. The fourth-order valence-corrected chi connectivity index (χ4v) is 3.28. The summed E-state index contributed by atoms with van der Waals surface area (Å²) in [5, 5.41) is 7.90. The maximum absolute atomic E-state index is 4.44. The fraction of sp³-hybridized carbons (Fsp3) is 0.438. The minimum Gasteiger partial charge on any atom is -0.315 e. The van der Waals surface area contributed by atoms with Crippen LogP contribution in [0.1, 0.15) is 36.8 Å². The molecule has 3 atom stereocenters. The molecule has 100 valence electrons. The first-order valence-electron chi connectivity index (χ1n) is 7.10. The summed E-state index contributed by atoms with van der Waals surface area (Å²) in [6.45, 7) is 0. The van der Waals surface area contributed by atoms with Crippen molar-refractivity contribution in [3.8, 4) is 0 Å². The van der Waals surface area contributed by atoms with Crippen LogP contribution in [0.4, 0.5) is 0 Å². The smallest absolute Gasteiger partial charge is 0.0677 e. The van der Waals surface area contributed by atoms with Crippen molar-refractivity contribution in [3.63, 3.8) is 0 Å². The molecule has 1 aliphatic rings. The second-order valence-corrected chi connectivity index (χ2v) is 5.37. The van der Waals surface area contributed by atoms with Crippen LogP contribution in [0.25, 0.3) is 0 Å². The van der Waals surface area contributed by atoms with Crippen molar-refractivity contribution in [3.05, 3.63) is 54.4 Å². The number of benzene rings is 1. The number of aromatic nitrogens is 2. The van der Waals surface area contributed by atoms with Crippen molar-refractivity contribution in [2.75, 3.05) is 7.05 Å². The van der Waals surface area contributed by atoms with Crippen LogP contribution in [0.2, 0.25) is 0 Å². The van der Waals surface area contributed by atoms with E-state index in [9.17, 15) is 0 Å². The normalized spacial score (nSPS) is 27.3. The monoisotopic (exact) mass is 255 g/mol. The van der Waals surface area contributed by atoms with Crippen molar-refractivity contribution in [1.82, 2.24) is 15.1 Å². The lowest BCUT2D eigenvalue weighted by Gasteiger charge is -2.36. The molecule has 0 amide bonds. The second kappa shape index (κ2) is 5.57. The molecule has 1 heterocycles. The Morgan fingerprint density at radius 1 is 1.16 bits per heavy atom. The minimum atomic E-state index is 0.457. The summed E-state index contributed by atoms with van der Waals surface area (Å²) in [6, 6.07) is 13.9. The molecule has 19 heavy (non-hydrogen) atoms. The topological polar surface area (TPSA) is 29.9 Å². The van der Waals surface area contributed by atoms with Gasteiger partial charge in [-0.05, 0) is 43.9 Å². The molecule has 1 aliphatic carbocycles. The van der Waals surface area contributed by atoms with Gasteiger partial charge in [0.2, 0.25) is 0 Å². The number of hydrogen-bond acceptors (Lipinski definition) is 2. The van der Waals surface area contributed by atoms with Gasteiger partial charge in [-0.3, -0.25) is 4.68 Å². The van der Waals surface area contributed by atoms with Crippen LogP contribution < -0.4 is 5.32 Å². The molecule has 3 heteroatoms. The molecule has 1 saturated carbocycles. The van der Waals surface area contributed by atoms with Crippen molar-refractivity contribution in [1.29, 1.82) is 0 Å². The van der Waals surface area contributed by atoms with Gasteiger partial charge in [0.15, 0.2) is 0 Å². The summed E-state index contributed by atoms with van der Waals surface area (Å²) in [4.78, 5) is 0. The van der Waals surface area contributed by atoms with Crippen LogP contribution in [-0.4, -0.2) is 22.9 Å². The highest BCUT2D eigenvalue weighted by atomic mass is 15.3. The summed E-state index contributed by atoms with van der Waals surface area (Å²) in [5.74, 6) is 0.653. The zero-order valence-corrected chi connectivity index (χ0v) is 11.4. The van der Waals surface area contributed by atoms with Crippen molar-refractivity contribution in [2.24, 2.45) is 0 Å². The van der Waals surface area contributed by atoms with E-state index in [-0.39, 0.29) is 0 Å². The highest BCUT2D eigenvalue weighted by Crippen LogP contribution is 2.38. The molecule has 1 fully saturated rings. The van der Waals surface area contributed by atoms with Crippen molar-refractivity contribution in [2.45, 2.75) is 37.3 Å². The highest BCUT2D eigenvalue weighted by molar-refractivity contribution is 5.20. The van der Waals surface area contributed by atoms with E-state index in [1.54, 1.807) is 0 Å². The third-order valence-corrected chi connectivity index (χ3v) is 4.32. The SMILES string of the molecule is CNC1CCC(c2ccccc2)CC1n1cccn1. The highest BCUT2D eigenvalue weighted by Gasteiger charge is 2.31. The molecule has 1 N–H and O–H groups in total. The van der Waals surface area contributed by atoms with E-state index >= 15 is 0 Å². The molecule has 0 bridgehead atoms. The lowest BCUT2D eigenvalue weighted by molar-refractivity contribution is 0.235. The summed E-state index contributed by atoms with van der Waals surface area (Å²) in [6.07, 6.45) is 7.59. The zero-order valence-electron chi connectivity index (χ0n) is 11.4. The van der Waals surface area contributed by atoms with E-state index < -0.39 is 0 Å². The van der Waals surface area contributed by atoms with E-state index in [0.717, 1.165) is 6.42 Å². The number of likely N-dealkylation sites (N-methyl/N-ethyl adjacent to an activating group) is 1. The maximum atomic E-state index is 4.44. The summed E-state index contributed by atoms with van der Waals surface area (Å²) >= 11 is 0. The quantitative estimate of drug-likeness (QED) is 0.913. The second-order valence-electron chi connectivity index (χ2n) is 5.37. The van der Waals surface area contributed by atoms with Gasteiger partial charge in [0.25, 0.3) is 0 Å². The Kier molecular flexibility index (Phi) is 3.65. The van der Waals surface area contributed by atoms with Gasteiger partial charge in [0.1, 0.15) is 0 Å². The van der Waals surface area contributed by atoms with Crippen LogP contribution in [0, 0.1) is 0 Å². The van der Waals surface area contributed by atoms with Gasteiger partial charge >= 0.3 is 0 Å². The molecule has 0 radical (unpaired) electrons. The van der Waals surface area contributed by atoms with Crippen molar-refractivity contribution >= 4 is 0 Å². The number of rotatable bonds is 3. The fourth-order valence-electron chi connectivity index (χ4n) is 3.28. The molecule has 0 aliphatic heterocycles. The molecule has 0 saturated heterocycles. The lowest BCUT2D eigenvalue weighted by Crippen LogP contribution is -2.39. The Balaban J connectivity index is 1.81. The molecule has 0 spiro atoms. The first-order valence-corrected chi connectivity index (χ1v) is 7.10. The molecule has 1 aromatic carbocycles. The van der Waals surface area contributed by atoms with Gasteiger partial charge < -0.3 is 5.32 Å². The molecule has 1 aromatic heterocycles. The molecule has 3 rings (SSSR count). The third kappa shape index (κ3) is 2.56. The van der Waals surface area contributed by atoms with E-state index in [0.29, 0.717) is 18.0 Å². The maximum Gasteiger partial charge on any atom is 0.0677 e. The molecular weight excluding hydrogens is 234 g/mol. The Bertz CT molecular complexity index is 492. The Hall–Kier alpha value is -1.61. The first kappa shape index (κ1) is 12.4. The van der Waals surface area contributed by atoms with Gasteiger partial charge in [0.05, 0.1) is 6.04 Å².